The summed E-state index contributed by atoms with van der Waals surface area (Å²) in [6.45, 7) is 1.98. The van der Waals surface area contributed by atoms with Crippen LogP contribution in [0.2, 0.25) is 0 Å². The quantitative estimate of drug-likeness (QED) is 0.725. The van der Waals surface area contributed by atoms with Gasteiger partial charge in [-0.3, -0.25) is 4.98 Å². The Hall–Kier alpha value is -1.22. The summed E-state index contributed by atoms with van der Waals surface area (Å²) in [7, 11) is 0. The van der Waals surface area contributed by atoms with E-state index in [1.165, 1.54) is 0 Å². The van der Waals surface area contributed by atoms with Gasteiger partial charge in [-0.05, 0) is 47.1 Å². The summed E-state index contributed by atoms with van der Waals surface area (Å²) < 4.78 is 0.832. The molecule has 0 aliphatic rings. The van der Waals surface area contributed by atoms with E-state index in [-0.39, 0.29) is 0 Å². The Balaban J connectivity index is 2.55. The molecule has 2 aromatic rings. The van der Waals surface area contributed by atoms with Gasteiger partial charge >= 0.3 is 0 Å². The second-order valence-electron chi connectivity index (χ2n) is 3.01. The fourth-order valence-corrected chi connectivity index (χ4v) is 1.72. The van der Waals surface area contributed by atoms with Crippen LogP contribution in [-0.2, 0) is 0 Å². The Bertz CT molecular complexity index is 455. The van der Waals surface area contributed by atoms with Gasteiger partial charge in [-0.2, -0.15) is 0 Å². The van der Waals surface area contributed by atoms with Gasteiger partial charge in [-0.15, -0.1) is 0 Å². The van der Waals surface area contributed by atoms with Crippen molar-refractivity contribution < 1.29 is 0 Å². The molecule has 14 heavy (non-hydrogen) atoms. The lowest BCUT2D eigenvalue weighted by Crippen LogP contribution is -1.88. The highest BCUT2D eigenvalue weighted by Crippen LogP contribution is 2.23. The van der Waals surface area contributed by atoms with Crippen LogP contribution >= 0.6 is 15.9 Å². The van der Waals surface area contributed by atoms with Crippen molar-refractivity contribution in [3.63, 3.8) is 0 Å². The average Bonchev–Trinajstić information content (AvgIpc) is 2.18. The standard InChI is InChI=1S/C11H9BrN2/c1-8-4-2-6-10(14-8)9-5-3-7-13-11(9)12/h2-7H,1H3. The van der Waals surface area contributed by atoms with E-state index in [2.05, 4.69) is 25.9 Å². The molecule has 3 heteroatoms. The first-order valence-electron chi connectivity index (χ1n) is 4.32. The maximum atomic E-state index is 4.43. The Morgan fingerprint density at radius 2 is 2.00 bits per heavy atom. The zero-order valence-corrected chi connectivity index (χ0v) is 9.32. The number of halogens is 1. The molecule has 0 unspecified atom stereocenters. The van der Waals surface area contributed by atoms with Crippen LogP contribution in [0.1, 0.15) is 5.69 Å². The van der Waals surface area contributed by atoms with E-state index >= 15 is 0 Å². The molecule has 2 nitrogen and oxygen atoms in total. The highest BCUT2D eigenvalue weighted by molar-refractivity contribution is 9.10. The first kappa shape index (κ1) is 9.34. The third-order valence-corrected chi connectivity index (χ3v) is 2.56. The fraction of sp³-hybridized carbons (Fsp3) is 0.0909. The number of aryl methyl sites for hydroxylation is 1. The van der Waals surface area contributed by atoms with Crippen LogP contribution < -0.4 is 0 Å². The third kappa shape index (κ3) is 1.82. The summed E-state index contributed by atoms with van der Waals surface area (Å²) in [5.74, 6) is 0. The minimum Gasteiger partial charge on any atom is -0.253 e. The molecule has 0 spiro atoms. The first-order valence-corrected chi connectivity index (χ1v) is 5.11. The molecule has 0 aliphatic heterocycles. The Kier molecular flexibility index (Phi) is 2.59. The van der Waals surface area contributed by atoms with Crippen molar-refractivity contribution in [1.82, 2.24) is 9.97 Å². The topological polar surface area (TPSA) is 25.8 Å². The molecule has 2 aromatic heterocycles. The van der Waals surface area contributed by atoms with Crippen LogP contribution in [0.25, 0.3) is 11.3 Å². The first-order chi connectivity index (χ1) is 6.77. The number of aromatic nitrogens is 2. The summed E-state index contributed by atoms with van der Waals surface area (Å²) in [5.41, 5.74) is 2.99. The zero-order chi connectivity index (χ0) is 9.97. The van der Waals surface area contributed by atoms with Crippen molar-refractivity contribution in [1.29, 1.82) is 0 Å². The van der Waals surface area contributed by atoms with Gasteiger partial charge in [0.15, 0.2) is 0 Å². The maximum Gasteiger partial charge on any atom is 0.115 e. The van der Waals surface area contributed by atoms with E-state index < -0.39 is 0 Å². The van der Waals surface area contributed by atoms with Gasteiger partial charge in [0.1, 0.15) is 4.60 Å². The molecule has 0 aliphatic carbocycles. The van der Waals surface area contributed by atoms with E-state index in [1.807, 2.05) is 37.3 Å². The second kappa shape index (κ2) is 3.88. The molecule has 0 radical (unpaired) electrons. The number of nitrogens with zero attached hydrogens (tertiary/aromatic N) is 2. The number of hydrogen-bond acceptors (Lipinski definition) is 2. The highest BCUT2D eigenvalue weighted by Gasteiger charge is 2.03. The van der Waals surface area contributed by atoms with Crippen LogP contribution in [0.5, 0.6) is 0 Å². The number of rotatable bonds is 1. The predicted octanol–water partition coefficient (Wildman–Crippen LogP) is 3.21. The lowest BCUT2D eigenvalue weighted by atomic mass is 10.2. The summed E-state index contributed by atoms with van der Waals surface area (Å²) in [6, 6.07) is 9.86. The van der Waals surface area contributed by atoms with Gasteiger partial charge in [0, 0.05) is 17.5 Å². The van der Waals surface area contributed by atoms with Crippen LogP contribution in [0.3, 0.4) is 0 Å². The second-order valence-corrected chi connectivity index (χ2v) is 3.76. The normalized spacial score (nSPS) is 10.1. The maximum absolute atomic E-state index is 4.43. The van der Waals surface area contributed by atoms with E-state index in [0.29, 0.717) is 0 Å². The van der Waals surface area contributed by atoms with Crippen LogP contribution in [0.4, 0.5) is 0 Å². The van der Waals surface area contributed by atoms with Crippen LogP contribution in [-0.4, -0.2) is 9.97 Å². The van der Waals surface area contributed by atoms with E-state index in [4.69, 9.17) is 0 Å². The van der Waals surface area contributed by atoms with Gasteiger partial charge in [0.2, 0.25) is 0 Å². The molecule has 2 heterocycles. The summed E-state index contributed by atoms with van der Waals surface area (Å²) in [6.07, 6.45) is 1.75. The Morgan fingerprint density at radius 3 is 2.71 bits per heavy atom. The van der Waals surface area contributed by atoms with Crippen molar-refractivity contribution in [2.24, 2.45) is 0 Å². The minimum atomic E-state index is 0.832. The van der Waals surface area contributed by atoms with Gasteiger partial charge in [-0.1, -0.05) is 6.07 Å². The molecule has 0 atom stereocenters. The zero-order valence-electron chi connectivity index (χ0n) is 7.74. The molecule has 0 saturated carbocycles. The molecule has 0 amide bonds. The lowest BCUT2D eigenvalue weighted by Gasteiger charge is -2.02. The highest BCUT2D eigenvalue weighted by atomic mass is 79.9. The summed E-state index contributed by atoms with van der Waals surface area (Å²) in [5, 5.41) is 0. The predicted molar refractivity (Wildman–Crippen MR) is 59.9 cm³/mol. The lowest BCUT2D eigenvalue weighted by molar-refractivity contribution is 1.18. The SMILES string of the molecule is Cc1cccc(-c2cccnc2Br)n1. The van der Waals surface area contributed by atoms with Gasteiger partial charge in [0.25, 0.3) is 0 Å². The average molecular weight is 249 g/mol. The van der Waals surface area contributed by atoms with Crippen molar-refractivity contribution in [3.8, 4) is 11.3 Å². The van der Waals surface area contributed by atoms with Gasteiger partial charge < -0.3 is 0 Å². The summed E-state index contributed by atoms with van der Waals surface area (Å²) in [4.78, 5) is 8.60. The van der Waals surface area contributed by atoms with Crippen molar-refractivity contribution in [3.05, 3.63) is 46.8 Å². The molecular formula is C11H9BrN2. The molecule has 0 N–H and O–H groups in total. The Morgan fingerprint density at radius 1 is 1.14 bits per heavy atom. The molecule has 0 saturated heterocycles. The van der Waals surface area contributed by atoms with Crippen LogP contribution in [0, 0.1) is 6.92 Å². The van der Waals surface area contributed by atoms with Crippen molar-refractivity contribution in [2.75, 3.05) is 0 Å². The smallest absolute Gasteiger partial charge is 0.115 e. The van der Waals surface area contributed by atoms with E-state index in [0.717, 1.165) is 21.6 Å². The minimum absolute atomic E-state index is 0.832. The van der Waals surface area contributed by atoms with Gasteiger partial charge in [-0.25, -0.2) is 4.98 Å². The summed E-state index contributed by atoms with van der Waals surface area (Å²) >= 11 is 3.41. The van der Waals surface area contributed by atoms with Crippen molar-refractivity contribution in [2.45, 2.75) is 6.92 Å². The fourth-order valence-electron chi connectivity index (χ4n) is 1.27. The third-order valence-electron chi connectivity index (χ3n) is 1.92. The van der Waals surface area contributed by atoms with Crippen LogP contribution in [0.15, 0.2) is 41.1 Å². The van der Waals surface area contributed by atoms with E-state index in [1.54, 1.807) is 6.20 Å². The number of hydrogen-bond donors (Lipinski definition) is 0. The van der Waals surface area contributed by atoms with E-state index in [9.17, 15) is 0 Å². The molecular weight excluding hydrogens is 240 g/mol. The molecule has 2 rings (SSSR count). The monoisotopic (exact) mass is 248 g/mol. The Labute approximate surface area is 91.2 Å². The van der Waals surface area contributed by atoms with Gasteiger partial charge in [0.05, 0.1) is 5.69 Å². The number of pyridine rings is 2. The largest absolute Gasteiger partial charge is 0.253 e. The molecule has 0 fully saturated rings. The molecule has 70 valence electrons. The van der Waals surface area contributed by atoms with Crippen molar-refractivity contribution >= 4 is 15.9 Å². The molecule has 0 aromatic carbocycles. The molecule has 0 bridgehead atoms.